The predicted octanol–water partition coefficient (Wildman–Crippen LogP) is 0.692. The fraction of sp³-hybridized carbons (Fsp3) is 0.385. The van der Waals surface area contributed by atoms with Gasteiger partial charge in [0.25, 0.3) is 5.91 Å². The van der Waals surface area contributed by atoms with Crippen molar-refractivity contribution in [2.45, 2.75) is 18.9 Å². The van der Waals surface area contributed by atoms with Crippen molar-refractivity contribution in [2.75, 3.05) is 11.5 Å². The molecule has 20 heavy (non-hydrogen) atoms. The van der Waals surface area contributed by atoms with Crippen molar-refractivity contribution in [1.82, 2.24) is 5.32 Å². The largest absolute Gasteiger partial charge is 0.478 e. The van der Waals surface area contributed by atoms with Gasteiger partial charge in [-0.3, -0.25) is 4.79 Å². The van der Waals surface area contributed by atoms with Crippen LogP contribution in [0.15, 0.2) is 24.3 Å². The molecule has 0 aromatic heterocycles. The van der Waals surface area contributed by atoms with Gasteiger partial charge in [-0.25, -0.2) is 13.2 Å². The molecule has 0 radical (unpaired) electrons. The van der Waals surface area contributed by atoms with Gasteiger partial charge in [0.2, 0.25) is 0 Å². The minimum absolute atomic E-state index is 0.0156. The van der Waals surface area contributed by atoms with Gasteiger partial charge in [0.15, 0.2) is 9.84 Å². The number of sulfone groups is 1. The van der Waals surface area contributed by atoms with Crippen molar-refractivity contribution < 1.29 is 23.1 Å². The zero-order chi connectivity index (χ0) is 15.0. The first kappa shape index (κ1) is 14.5. The van der Waals surface area contributed by atoms with Gasteiger partial charge in [-0.05, 0) is 31.5 Å². The maximum Gasteiger partial charge on any atom is 0.335 e. The number of rotatable bonds is 3. The summed E-state index contributed by atoms with van der Waals surface area (Å²) in [5.41, 5.74) is -0.577. The average molecular weight is 297 g/mol. The molecular weight excluding hydrogens is 282 g/mol. The smallest absolute Gasteiger partial charge is 0.335 e. The number of amides is 1. The van der Waals surface area contributed by atoms with Crippen LogP contribution in [0.1, 0.15) is 34.1 Å². The highest BCUT2D eigenvalue weighted by atomic mass is 32.2. The zero-order valence-electron chi connectivity index (χ0n) is 10.9. The molecule has 1 unspecified atom stereocenters. The lowest BCUT2D eigenvalue weighted by Crippen LogP contribution is -2.46. The molecule has 1 amide bonds. The quantitative estimate of drug-likeness (QED) is 0.855. The average Bonchev–Trinajstić information content (AvgIpc) is 2.63. The molecule has 0 spiro atoms. The van der Waals surface area contributed by atoms with Crippen LogP contribution in [0.2, 0.25) is 0 Å². The summed E-state index contributed by atoms with van der Waals surface area (Å²) in [6.07, 6.45) is 0.361. The summed E-state index contributed by atoms with van der Waals surface area (Å²) in [6.45, 7) is 1.68. The Morgan fingerprint density at radius 2 is 1.95 bits per heavy atom. The van der Waals surface area contributed by atoms with Gasteiger partial charge >= 0.3 is 5.97 Å². The molecule has 2 N–H and O–H groups in total. The second kappa shape index (κ2) is 4.90. The number of benzene rings is 1. The molecular formula is C13H15NO5S. The Kier molecular flexibility index (Phi) is 3.56. The Labute approximate surface area is 116 Å². The lowest BCUT2D eigenvalue weighted by Gasteiger charge is -2.23. The van der Waals surface area contributed by atoms with Crippen molar-refractivity contribution in [2.24, 2.45) is 0 Å². The number of hydrogen-bond acceptors (Lipinski definition) is 4. The Morgan fingerprint density at radius 3 is 2.50 bits per heavy atom. The van der Waals surface area contributed by atoms with E-state index in [2.05, 4.69) is 5.32 Å². The van der Waals surface area contributed by atoms with E-state index in [9.17, 15) is 18.0 Å². The first-order valence-electron chi connectivity index (χ1n) is 6.07. The van der Waals surface area contributed by atoms with Crippen LogP contribution in [0.3, 0.4) is 0 Å². The van der Waals surface area contributed by atoms with Gasteiger partial charge in [0.1, 0.15) is 0 Å². The molecule has 1 aliphatic heterocycles. The van der Waals surface area contributed by atoms with Gasteiger partial charge in [-0.2, -0.15) is 0 Å². The summed E-state index contributed by atoms with van der Waals surface area (Å²) in [6, 6.07) is 5.63. The Morgan fingerprint density at radius 1 is 1.30 bits per heavy atom. The number of aromatic carboxylic acids is 1. The van der Waals surface area contributed by atoms with Crippen LogP contribution in [0.4, 0.5) is 0 Å². The molecule has 1 fully saturated rings. The maximum atomic E-state index is 12.1. The number of carbonyl (C=O) groups is 2. The summed E-state index contributed by atoms with van der Waals surface area (Å²) < 4.78 is 23.0. The van der Waals surface area contributed by atoms with E-state index in [4.69, 9.17) is 5.11 Å². The van der Waals surface area contributed by atoms with E-state index in [1.807, 2.05) is 0 Å². The Hall–Kier alpha value is -1.89. The third kappa shape index (κ3) is 3.16. The zero-order valence-corrected chi connectivity index (χ0v) is 11.7. The molecule has 0 aliphatic carbocycles. The highest BCUT2D eigenvalue weighted by Gasteiger charge is 2.39. The Balaban J connectivity index is 2.17. The normalized spacial score (nSPS) is 24.2. The van der Waals surface area contributed by atoms with Crippen LogP contribution in [0.5, 0.6) is 0 Å². The van der Waals surface area contributed by atoms with Gasteiger partial charge < -0.3 is 10.4 Å². The first-order chi connectivity index (χ1) is 9.21. The highest BCUT2D eigenvalue weighted by Crippen LogP contribution is 2.23. The molecule has 7 heteroatoms. The van der Waals surface area contributed by atoms with Crippen LogP contribution in [-0.2, 0) is 9.84 Å². The summed E-state index contributed by atoms with van der Waals surface area (Å²) in [4.78, 5) is 23.0. The first-order valence-corrected chi connectivity index (χ1v) is 7.89. The number of carboxylic acids is 1. The second-order valence-corrected chi connectivity index (χ2v) is 7.43. The summed E-state index contributed by atoms with van der Waals surface area (Å²) >= 11 is 0. The summed E-state index contributed by atoms with van der Waals surface area (Å²) in [5.74, 6) is -1.62. The van der Waals surface area contributed by atoms with Gasteiger partial charge in [0.05, 0.1) is 22.6 Å². The minimum Gasteiger partial charge on any atom is -0.478 e. The van der Waals surface area contributed by atoms with Gasteiger partial charge in [-0.1, -0.05) is 6.07 Å². The predicted molar refractivity (Wildman–Crippen MR) is 72.5 cm³/mol. The number of carbonyl (C=O) groups excluding carboxylic acids is 1. The van der Waals surface area contributed by atoms with E-state index in [0.29, 0.717) is 6.42 Å². The third-order valence-corrected chi connectivity index (χ3v) is 5.19. The molecule has 6 nitrogen and oxygen atoms in total. The van der Waals surface area contributed by atoms with Crippen molar-refractivity contribution in [3.63, 3.8) is 0 Å². The standard InChI is InChI=1S/C13H15NO5S/c1-13(5-6-20(18,19)8-13)14-11(15)9-3-2-4-10(7-9)12(16)17/h2-4,7H,5-6,8H2,1H3,(H,14,15)(H,16,17). The molecule has 0 bridgehead atoms. The van der Waals surface area contributed by atoms with Crippen molar-refractivity contribution in [3.8, 4) is 0 Å². The lowest BCUT2D eigenvalue weighted by molar-refractivity contribution is 0.0697. The molecule has 1 aliphatic rings. The van der Waals surface area contributed by atoms with Crippen LogP contribution >= 0.6 is 0 Å². The second-order valence-electron chi connectivity index (χ2n) is 5.24. The van der Waals surface area contributed by atoms with E-state index in [-0.39, 0.29) is 22.6 Å². The summed E-state index contributed by atoms with van der Waals surface area (Å²) in [7, 11) is -3.11. The fourth-order valence-corrected chi connectivity index (χ4v) is 4.34. The molecule has 1 aromatic rings. The molecule has 0 saturated carbocycles. The Bertz CT molecular complexity index is 667. The SMILES string of the molecule is CC1(NC(=O)c2cccc(C(=O)O)c2)CCS(=O)(=O)C1. The number of hydrogen-bond donors (Lipinski definition) is 2. The third-order valence-electron chi connectivity index (χ3n) is 3.29. The molecule has 1 aromatic carbocycles. The van der Waals surface area contributed by atoms with Crippen LogP contribution < -0.4 is 5.32 Å². The molecule has 2 rings (SSSR count). The van der Waals surface area contributed by atoms with Gasteiger partial charge in [-0.15, -0.1) is 0 Å². The van der Waals surface area contributed by atoms with Crippen LogP contribution in [-0.4, -0.2) is 42.4 Å². The van der Waals surface area contributed by atoms with E-state index in [0.717, 1.165) is 0 Å². The van der Waals surface area contributed by atoms with Crippen molar-refractivity contribution >= 4 is 21.7 Å². The topological polar surface area (TPSA) is 101 Å². The van der Waals surface area contributed by atoms with Crippen LogP contribution in [0, 0.1) is 0 Å². The lowest BCUT2D eigenvalue weighted by atomic mass is 10.0. The minimum atomic E-state index is -3.11. The summed E-state index contributed by atoms with van der Waals surface area (Å²) in [5, 5.41) is 11.6. The molecule has 1 saturated heterocycles. The van der Waals surface area contributed by atoms with Gasteiger partial charge in [0, 0.05) is 5.56 Å². The van der Waals surface area contributed by atoms with Crippen molar-refractivity contribution in [1.29, 1.82) is 0 Å². The van der Waals surface area contributed by atoms with E-state index < -0.39 is 27.3 Å². The maximum absolute atomic E-state index is 12.1. The van der Waals surface area contributed by atoms with Crippen LogP contribution in [0.25, 0.3) is 0 Å². The number of nitrogens with one attached hydrogen (secondary N) is 1. The monoisotopic (exact) mass is 297 g/mol. The van der Waals surface area contributed by atoms with E-state index >= 15 is 0 Å². The molecule has 108 valence electrons. The van der Waals surface area contributed by atoms with E-state index in [1.165, 1.54) is 24.3 Å². The number of carboxylic acid groups (broad SMARTS) is 1. The molecule has 1 atom stereocenters. The fourth-order valence-electron chi connectivity index (χ4n) is 2.25. The van der Waals surface area contributed by atoms with Crippen molar-refractivity contribution in [3.05, 3.63) is 35.4 Å². The van der Waals surface area contributed by atoms with E-state index in [1.54, 1.807) is 6.92 Å². The molecule has 1 heterocycles. The highest BCUT2D eigenvalue weighted by molar-refractivity contribution is 7.91.